The van der Waals surface area contributed by atoms with Gasteiger partial charge in [-0.05, 0) is 24.5 Å². The molecule has 0 aliphatic rings. The molecule has 6 heteroatoms. The standard InChI is InChI=1S/C16H21F2N3O/c1-3-5-6-11(4-2)10-22-14-8-7-12(17)15(16(14)18)13-9-19-21-20-13/h7-9,11H,3-6,10H2,1-2H3,(H,19,20,21). The fraction of sp³-hybridized carbons (Fsp3) is 0.500. The largest absolute Gasteiger partial charge is 0.490 e. The SMILES string of the molecule is CCCCC(CC)COc1ccc(F)c(-c2cn[nH]n2)c1F. The minimum Gasteiger partial charge on any atom is -0.490 e. The molecule has 2 rings (SSSR count). The van der Waals surface area contributed by atoms with Gasteiger partial charge in [0, 0.05) is 0 Å². The first-order chi connectivity index (χ1) is 10.7. The van der Waals surface area contributed by atoms with Crippen LogP contribution in [0.25, 0.3) is 11.3 Å². The highest BCUT2D eigenvalue weighted by molar-refractivity contribution is 5.62. The molecule has 1 aromatic carbocycles. The van der Waals surface area contributed by atoms with Crippen LogP contribution in [0.1, 0.15) is 39.5 Å². The minimum absolute atomic E-state index is 0.0503. The maximum Gasteiger partial charge on any atom is 0.177 e. The predicted octanol–water partition coefficient (Wildman–Crippen LogP) is 4.35. The second-order valence-electron chi connectivity index (χ2n) is 5.32. The number of H-pyrrole nitrogens is 1. The van der Waals surface area contributed by atoms with Crippen molar-refractivity contribution in [2.45, 2.75) is 39.5 Å². The molecule has 1 N–H and O–H groups in total. The van der Waals surface area contributed by atoms with Crippen molar-refractivity contribution in [2.24, 2.45) is 5.92 Å². The molecular weight excluding hydrogens is 288 g/mol. The molecule has 0 bridgehead atoms. The van der Waals surface area contributed by atoms with Crippen LogP contribution in [0.3, 0.4) is 0 Å². The third-order valence-electron chi connectivity index (χ3n) is 3.74. The highest BCUT2D eigenvalue weighted by atomic mass is 19.1. The zero-order valence-corrected chi connectivity index (χ0v) is 12.9. The Morgan fingerprint density at radius 2 is 2.09 bits per heavy atom. The zero-order valence-electron chi connectivity index (χ0n) is 12.9. The average molecular weight is 309 g/mol. The van der Waals surface area contributed by atoms with E-state index in [1.54, 1.807) is 0 Å². The van der Waals surface area contributed by atoms with E-state index in [2.05, 4.69) is 29.3 Å². The maximum atomic E-state index is 14.5. The van der Waals surface area contributed by atoms with Crippen molar-refractivity contribution < 1.29 is 13.5 Å². The molecule has 0 aliphatic carbocycles. The summed E-state index contributed by atoms with van der Waals surface area (Å²) in [6, 6.07) is 2.51. The molecule has 2 aromatic rings. The molecule has 0 saturated carbocycles. The Kier molecular flexibility index (Phi) is 5.86. The lowest BCUT2D eigenvalue weighted by Crippen LogP contribution is -2.12. The van der Waals surface area contributed by atoms with Gasteiger partial charge >= 0.3 is 0 Å². The summed E-state index contributed by atoms with van der Waals surface area (Å²) >= 11 is 0. The highest BCUT2D eigenvalue weighted by Gasteiger charge is 2.19. The van der Waals surface area contributed by atoms with Crippen LogP contribution >= 0.6 is 0 Å². The van der Waals surface area contributed by atoms with Gasteiger partial charge < -0.3 is 4.74 Å². The van der Waals surface area contributed by atoms with E-state index in [4.69, 9.17) is 4.74 Å². The fourth-order valence-corrected chi connectivity index (χ4v) is 2.31. The number of aromatic nitrogens is 3. The van der Waals surface area contributed by atoms with Crippen LogP contribution in [-0.4, -0.2) is 22.0 Å². The summed E-state index contributed by atoms with van der Waals surface area (Å²) in [6.45, 7) is 4.65. The summed E-state index contributed by atoms with van der Waals surface area (Å²) in [6.07, 6.45) is 5.54. The number of hydrogen-bond acceptors (Lipinski definition) is 3. The lowest BCUT2D eigenvalue weighted by atomic mass is 10.0. The van der Waals surface area contributed by atoms with Gasteiger partial charge in [0.1, 0.15) is 11.5 Å². The lowest BCUT2D eigenvalue weighted by Gasteiger charge is -2.16. The number of hydrogen-bond donors (Lipinski definition) is 1. The van der Waals surface area contributed by atoms with Gasteiger partial charge in [0.15, 0.2) is 11.6 Å². The topological polar surface area (TPSA) is 50.8 Å². The quantitative estimate of drug-likeness (QED) is 0.789. The fourth-order valence-electron chi connectivity index (χ4n) is 2.31. The Bertz CT molecular complexity index is 587. The Balaban J connectivity index is 2.14. The number of ether oxygens (including phenoxy) is 1. The van der Waals surface area contributed by atoms with E-state index in [0.717, 1.165) is 25.7 Å². The van der Waals surface area contributed by atoms with Crippen molar-refractivity contribution in [1.29, 1.82) is 0 Å². The lowest BCUT2D eigenvalue weighted by molar-refractivity contribution is 0.225. The van der Waals surface area contributed by atoms with Crippen LogP contribution in [0.5, 0.6) is 5.75 Å². The highest BCUT2D eigenvalue weighted by Crippen LogP contribution is 2.30. The van der Waals surface area contributed by atoms with Crippen molar-refractivity contribution in [3.63, 3.8) is 0 Å². The number of halogens is 2. The molecule has 1 aromatic heterocycles. The zero-order chi connectivity index (χ0) is 15.9. The molecule has 1 unspecified atom stereocenters. The first kappa shape index (κ1) is 16.4. The summed E-state index contributed by atoms with van der Waals surface area (Å²) in [4.78, 5) is 0. The molecule has 1 heterocycles. The van der Waals surface area contributed by atoms with Gasteiger partial charge in [-0.3, -0.25) is 0 Å². The molecule has 0 aliphatic heterocycles. The Morgan fingerprint density at radius 1 is 1.27 bits per heavy atom. The van der Waals surface area contributed by atoms with Gasteiger partial charge in [-0.25, -0.2) is 8.78 Å². The molecule has 22 heavy (non-hydrogen) atoms. The van der Waals surface area contributed by atoms with Crippen molar-refractivity contribution >= 4 is 0 Å². The third-order valence-corrected chi connectivity index (χ3v) is 3.74. The van der Waals surface area contributed by atoms with Crippen LogP contribution in [-0.2, 0) is 0 Å². The third kappa shape index (κ3) is 3.81. The smallest absolute Gasteiger partial charge is 0.177 e. The van der Waals surface area contributed by atoms with Crippen LogP contribution < -0.4 is 4.74 Å². The summed E-state index contributed by atoms with van der Waals surface area (Å²) in [7, 11) is 0. The van der Waals surface area contributed by atoms with Crippen LogP contribution in [0.2, 0.25) is 0 Å². The maximum absolute atomic E-state index is 14.5. The molecule has 1 atom stereocenters. The van der Waals surface area contributed by atoms with Gasteiger partial charge in [0.05, 0.1) is 18.4 Å². The molecule has 120 valence electrons. The van der Waals surface area contributed by atoms with Gasteiger partial charge in [-0.1, -0.05) is 33.1 Å². The number of nitrogens with one attached hydrogen (secondary N) is 1. The van der Waals surface area contributed by atoms with Gasteiger partial charge in [0.2, 0.25) is 0 Å². The van der Waals surface area contributed by atoms with Gasteiger partial charge in [-0.15, -0.1) is 0 Å². The molecule has 0 saturated heterocycles. The molecule has 4 nitrogen and oxygen atoms in total. The predicted molar refractivity (Wildman–Crippen MR) is 80.5 cm³/mol. The number of rotatable bonds is 8. The summed E-state index contributed by atoms with van der Waals surface area (Å²) < 4.78 is 33.9. The normalized spacial score (nSPS) is 12.4. The second-order valence-corrected chi connectivity index (χ2v) is 5.32. The Morgan fingerprint density at radius 3 is 2.73 bits per heavy atom. The van der Waals surface area contributed by atoms with E-state index in [1.807, 2.05) is 0 Å². The molecular formula is C16H21F2N3O. The van der Waals surface area contributed by atoms with Crippen LogP contribution in [0.4, 0.5) is 8.78 Å². The number of nitrogens with zero attached hydrogens (tertiary/aromatic N) is 2. The monoisotopic (exact) mass is 309 g/mol. The molecule has 0 spiro atoms. The van der Waals surface area contributed by atoms with Crippen molar-refractivity contribution in [2.75, 3.05) is 6.61 Å². The number of aromatic amines is 1. The van der Waals surface area contributed by atoms with Crippen LogP contribution in [0.15, 0.2) is 18.3 Å². The summed E-state index contributed by atoms with van der Waals surface area (Å²) in [5.41, 5.74) is -0.0914. The van der Waals surface area contributed by atoms with Gasteiger partial charge in [-0.2, -0.15) is 15.4 Å². The van der Waals surface area contributed by atoms with Crippen molar-refractivity contribution in [3.05, 3.63) is 30.0 Å². The number of unbranched alkanes of at least 4 members (excludes halogenated alkanes) is 1. The first-order valence-electron chi connectivity index (χ1n) is 7.64. The average Bonchev–Trinajstić information content (AvgIpc) is 3.03. The molecule has 0 radical (unpaired) electrons. The summed E-state index contributed by atoms with van der Waals surface area (Å²) in [5, 5.41) is 9.66. The first-order valence-corrected chi connectivity index (χ1v) is 7.64. The Hall–Kier alpha value is -1.98. The molecule has 0 fully saturated rings. The minimum atomic E-state index is -0.737. The molecule has 0 amide bonds. The summed E-state index contributed by atoms with van der Waals surface area (Å²) in [5.74, 6) is -0.995. The number of benzene rings is 1. The van der Waals surface area contributed by atoms with Gasteiger partial charge in [0.25, 0.3) is 0 Å². The van der Waals surface area contributed by atoms with E-state index in [-0.39, 0.29) is 17.0 Å². The second kappa shape index (κ2) is 7.87. The van der Waals surface area contributed by atoms with E-state index in [1.165, 1.54) is 18.3 Å². The van der Waals surface area contributed by atoms with E-state index >= 15 is 0 Å². The van der Waals surface area contributed by atoms with E-state index in [9.17, 15) is 8.78 Å². The van der Waals surface area contributed by atoms with E-state index in [0.29, 0.717) is 12.5 Å². The van der Waals surface area contributed by atoms with Crippen molar-refractivity contribution in [3.8, 4) is 17.0 Å². The Labute approximate surface area is 128 Å². The van der Waals surface area contributed by atoms with Crippen LogP contribution in [0, 0.1) is 17.6 Å². The van der Waals surface area contributed by atoms with Crippen molar-refractivity contribution in [1.82, 2.24) is 15.4 Å². The van der Waals surface area contributed by atoms with E-state index < -0.39 is 11.6 Å².